The van der Waals surface area contributed by atoms with Crippen LogP contribution in [-0.2, 0) is 6.54 Å². The largest absolute Gasteiger partial charge is 0.389 e. The van der Waals surface area contributed by atoms with Gasteiger partial charge in [0.05, 0.1) is 24.2 Å². The molecular formula is C16H13F3N4. The summed E-state index contributed by atoms with van der Waals surface area (Å²) in [5.41, 5.74) is -0.714. The third-order valence-corrected chi connectivity index (χ3v) is 3.38. The zero-order chi connectivity index (χ0) is 17.7. The lowest BCUT2D eigenvalue weighted by Crippen LogP contribution is -2.26. The van der Waals surface area contributed by atoms with Crippen LogP contribution >= 0.6 is 0 Å². The van der Waals surface area contributed by atoms with Crippen molar-refractivity contribution in [3.63, 3.8) is 0 Å². The average molecular weight is 318 g/mol. The number of halogens is 3. The summed E-state index contributed by atoms with van der Waals surface area (Å²) in [5.74, 6) is 0. The molecule has 1 aromatic rings. The first-order valence-corrected chi connectivity index (χ1v) is 6.53. The molecule has 4 nitrogen and oxygen atoms in total. The van der Waals surface area contributed by atoms with Crippen molar-refractivity contribution < 1.29 is 13.2 Å². The Bertz CT molecular complexity index is 722. The number of alkyl halides is 3. The fraction of sp³-hybridized carbons (Fsp3) is 0.312. The number of nitriles is 3. The smallest absolute Gasteiger partial charge is 0.343 e. The number of aromatic nitrogens is 1. The van der Waals surface area contributed by atoms with Crippen molar-refractivity contribution in [2.45, 2.75) is 25.6 Å². The molecule has 0 fully saturated rings. The minimum atomic E-state index is -4.46. The van der Waals surface area contributed by atoms with Gasteiger partial charge in [-0.25, -0.2) is 0 Å². The van der Waals surface area contributed by atoms with Gasteiger partial charge in [0, 0.05) is 23.9 Å². The Morgan fingerprint density at radius 2 is 1.70 bits per heavy atom. The van der Waals surface area contributed by atoms with E-state index < -0.39 is 24.4 Å². The Morgan fingerprint density at radius 3 is 2.09 bits per heavy atom. The minimum absolute atomic E-state index is 0.246. The molecule has 23 heavy (non-hydrogen) atoms. The Hall–Kier alpha value is -2.98. The van der Waals surface area contributed by atoms with Crippen LogP contribution in [0.1, 0.15) is 29.7 Å². The SMILES string of the molecule is C=Cc1c(C#N)cn(CC(C#N)(C#N)CCC(F)(F)F)c1C=C. The first kappa shape index (κ1) is 18.1. The van der Waals surface area contributed by atoms with Crippen molar-refractivity contribution in [1.82, 2.24) is 4.57 Å². The predicted octanol–water partition coefficient (Wildman–Crippen LogP) is 4.02. The van der Waals surface area contributed by atoms with Crippen LogP contribution in [0.4, 0.5) is 13.2 Å². The topological polar surface area (TPSA) is 76.3 Å². The lowest BCUT2D eigenvalue weighted by atomic mass is 9.86. The maximum atomic E-state index is 12.4. The quantitative estimate of drug-likeness (QED) is 0.794. The highest BCUT2D eigenvalue weighted by atomic mass is 19.4. The van der Waals surface area contributed by atoms with Crippen molar-refractivity contribution >= 4 is 12.2 Å². The molecule has 1 rings (SSSR count). The molecule has 0 spiro atoms. The molecule has 0 saturated heterocycles. The number of nitrogens with zero attached hydrogens (tertiary/aromatic N) is 4. The normalized spacial score (nSPS) is 11.1. The van der Waals surface area contributed by atoms with E-state index in [0.717, 1.165) is 0 Å². The van der Waals surface area contributed by atoms with E-state index in [-0.39, 0.29) is 12.1 Å². The van der Waals surface area contributed by atoms with Crippen molar-refractivity contribution in [2.75, 3.05) is 0 Å². The first-order chi connectivity index (χ1) is 10.8. The minimum Gasteiger partial charge on any atom is -0.343 e. The molecule has 0 N–H and O–H groups in total. The Kier molecular flexibility index (Phi) is 5.38. The lowest BCUT2D eigenvalue weighted by molar-refractivity contribution is -0.138. The Balaban J connectivity index is 3.26. The van der Waals surface area contributed by atoms with Crippen molar-refractivity contribution in [2.24, 2.45) is 5.41 Å². The third-order valence-electron chi connectivity index (χ3n) is 3.38. The Labute approximate surface area is 132 Å². The second-order valence-corrected chi connectivity index (χ2v) is 4.91. The van der Waals surface area contributed by atoms with E-state index in [0.29, 0.717) is 11.3 Å². The maximum Gasteiger partial charge on any atom is 0.389 e. The summed E-state index contributed by atoms with van der Waals surface area (Å²) in [7, 11) is 0. The van der Waals surface area contributed by atoms with Crippen LogP contribution in [-0.4, -0.2) is 10.7 Å². The van der Waals surface area contributed by atoms with Gasteiger partial charge in [-0.1, -0.05) is 19.2 Å². The van der Waals surface area contributed by atoms with E-state index in [1.54, 1.807) is 12.1 Å². The summed E-state index contributed by atoms with van der Waals surface area (Å²) < 4.78 is 38.7. The van der Waals surface area contributed by atoms with E-state index >= 15 is 0 Å². The van der Waals surface area contributed by atoms with Gasteiger partial charge in [-0.15, -0.1) is 0 Å². The highest BCUT2D eigenvalue weighted by Crippen LogP contribution is 2.33. The third kappa shape index (κ3) is 4.02. The van der Waals surface area contributed by atoms with Gasteiger partial charge in [-0.2, -0.15) is 29.0 Å². The monoisotopic (exact) mass is 318 g/mol. The molecule has 0 aliphatic heterocycles. The van der Waals surface area contributed by atoms with Crippen molar-refractivity contribution in [3.8, 4) is 18.2 Å². The molecule has 1 aromatic heterocycles. The maximum absolute atomic E-state index is 12.4. The summed E-state index contributed by atoms with van der Waals surface area (Å²) in [6, 6.07) is 5.29. The van der Waals surface area contributed by atoms with Crippen LogP contribution in [0.25, 0.3) is 12.2 Å². The molecular weight excluding hydrogens is 305 g/mol. The summed E-state index contributed by atoms with van der Waals surface area (Å²) in [4.78, 5) is 0. The Morgan fingerprint density at radius 1 is 1.09 bits per heavy atom. The summed E-state index contributed by atoms with van der Waals surface area (Å²) in [6.45, 7) is 6.88. The molecule has 0 aliphatic rings. The average Bonchev–Trinajstić information content (AvgIpc) is 2.86. The molecule has 0 amide bonds. The fourth-order valence-electron chi connectivity index (χ4n) is 2.18. The van der Waals surface area contributed by atoms with Crippen LogP contribution in [0.2, 0.25) is 0 Å². The molecule has 0 unspecified atom stereocenters. The highest BCUT2D eigenvalue weighted by molar-refractivity contribution is 5.67. The van der Waals surface area contributed by atoms with Gasteiger partial charge in [0.25, 0.3) is 0 Å². The second-order valence-electron chi connectivity index (χ2n) is 4.91. The van der Waals surface area contributed by atoms with Gasteiger partial charge in [-0.05, 0) is 12.5 Å². The van der Waals surface area contributed by atoms with Gasteiger partial charge in [0.2, 0.25) is 0 Å². The molecule has 118 valence electrons. The second kappa shape index (κ2) is 6.85. The van der Waals surface area contributed by atoms with E-state index in [1.165, 1.54) is 22.9 Å². The zero-order valence-corrected chi connectivity index (χ0v) is 12.2. The number of rotatable bonds is 6. The molecule has 0 atom stereocenters. The highest BCUT2D eigenvalue weighted by Gasteiger charge is 2.37. The fourth-order valence-corrected chi connectivity index (χ4v) is 2.18. The van der Waals surface area contributed by atoms with E-state index in [1.807, 2.05) is 6.07 Å². The zero-order valence-electron chi connectivity index (χ0n) is 12.2. The predicted molar refractivity (Wildman–Crippen MR) is 78.3 cm³/mol. The van der Waals surface area contributed by atoms with Crippen LogP contribution in [0.3, 0.4) is 0 Å². The first-order valence-electron chi connectivity index (χ1n) is 6.53. The van der Waals surface area contributed by atoms with Gasteiger partial charge in [0.1, 0.15) is 6.07 Å². The molecule has 1 heterocycles. The van der Waals surface area contributed by atoms with Gasteiger partial charge in [-0.3, -0.25) is 0 Å². The van der Waals surface area contributed by atoms with E-state index in [2.05, 4.69) is 13.2 Å². The number of hydrogen-bond donors (Lipinski definition) is 0. The molecule has 0 bridgehead atoms. The standard InChI is InChI=1S/C16H13F3N4/c1-3-13-12(7-20)8-23(14(13)4-2)11-15(9-21,10-22)5-6-16(17,18)19/h3-4,8H,1-2,5-6,11H2. The molecule has 7 heteroatoms. The molecule has 0 aliphatic carbocycles. The molecule has 0 radical (unpaired) electrons. The summed E-state index contributed by atoms with van der Waals surface area (Å²) >= 11 is 0. The van der Waals surface area contributed by atoms with Crippen LogP contribution < -0.4 is 0 Å². The summed E-state index contributed by atoms with van der Waals surface area (Å²) in [5, 5.41) is 27.5. The molecule has 0 aromatic carbocycles. The van der Waals surface area contributed by atoms with E-state index in [9.17, 15) is 23.7 Å². The van der Waals surface area contributed by atoms with Crippen LogP contribution in [0.5, 0.6) is 0 Å². The summed E-state index contributed by atoms with van der Waals surface area (Å²) in [6.07, 6.45) is -2.14. The number of hydrogen-bond acceptors (Lipinski definition) is 3. The van der Waals surface area contributed by atoms with Crippen LogP contribution in [0.15, 0.2) is 19.4 Å². The van der Waals surface area contributed by atoms with E-state index in [4.69, 9.17) is 5.26 Å². The van der Waals surface area contributed by atoms with Crippen molar-refractivity contribution in [3.05, 3.63) is 36.2 Å². The van der Waals surface area contributed by atoms with Gasteiger partial charge < -0.3 is 4.57 Å². The lowest BCUT2D eigenvalue weighted by Gasteiger charge is -2.21. The van der Waals surface area contributed by atoms with Crippen molar-refractivity contribution in [1.29, 1.82) is 15.8 Å². The van der Waals surface area contributed by atoms with Gasteiger partial charge in [0.15, 0.2) is 5.41 Å². The van der Waals surface area contributed by atoms with Crippen LogP contribution in [0, 0.1) is 39.4 Å². The molecule has 0 saturated carbocycles. The van der Waals surface area contributed by atoms with Gasteiger partial charge >= 0.3 is 6.18 Å².